The lowest BCUT2D eigenvalue weighted by atomic mass is 9.64. The molecule has 0 radical (unpaired) electrons. The van der Waals surface area contributed by atoms with Crippen molar-refractivity contribution in [1.82, 2.24) is 10.2 Å². The van der Waals surface area contributed by atoms with Crippen LogP contribution in [-0.4, -0.2) is 67.2 Å². The predicted octanol–water partition coefficient (Wildman–Crippen LogP) is 1.62. The van der Waals surface area contributed by atoms with Crippen molar-refractivity contribution >= 4 is 6.09 Å². The molecule has 1 amide bonds. The molecule has 22 heavy (non-hydrogen) atoms. The average molecular weight is 316 g/mol. The number of methoxy groups -OCH3 is 1. The first-order valence-corrected chi connectivity index (χ1v) is 7.96. The maximum absolute atomic E-state index is 12.2. The van der Waals surface area contributed by atoms with Crippen molar-refractivity contribution in [2.45, 2.75) is 58.8 Å². The fraction of sp³-hybridized carbons (Fsp3) is 0.938. The van der Waals surface area contributed by atoms with E-state index in [4.69, 9.17) is 9.47 Å². The van der Waals surface area contributed by atoms with Gasteiger partial charge >= 0.3 is 6.09 Å². The number of aliphatic hydroxyl groups excluding tert-OH is 1. The van der Waals surface area contributed by atoms with Gasteiger partial charge in [0.1, 0.15) is 5.60 Å². The lowest BCUT2D eigenvalue weighted by molar-refractivity contribution is -0.0727. The van der Waals surface area contributed by atoms with Gasteiger partial charge in [-0.1, -0.05) is 13.8 Å². The number of rotatable bonds is 7. The van der Waals surface area contributed by atoms with Gasteiger partial charge in [-0.15, -0.1) is 0 Å². The Morgan fingerprint density at radius 1 is 1.36 bits per heavy atom. The van der Waals surface area contributed by atoms with E-state index in [2.05, 4.69) is 19.2 Å². The highest BCUT2D eigenvalue weighted by Crippen LogP contribution is 2.40. The van der Waals surface area contributed by atoms with Crippen LogP contribution in [0.25, 0.3) is 0 Å². The number of ether oxygens (including phenoxy) is 2. The average Bonchev–Trinajstić information content (AvgIpc) is 2.39. The van der Waals surface area contributed by atoms with E-state index in [1.807, 2.05) is 20.8 Å². The lowest BCUT2D eigenvalue weighted by Crippen LogP contribution is -2.60. The van der Waals surface area contributed by atoms with Crippen LogP contribution < -0.4 is 5.32 Å². The van der Waals surface area contributed by atoms with E-state index in [1.54, 1.807) is 12.0 Å². The number of nitrogens with zero attached hydrogens (tertiary/aromatic N) is 1. The molecular weight excluding hydrogens is 284 g/mol. The summed E-state index contributed by atoms with van der Waals surface area (Å²) >= 11 is 0. The summed E-state index contributed by atoms with van der Waals surface area (Å²) in [6.07, 6.45) is 0.192. The minimum Gasteiger partial charge on any atom is -0.444 e. The second-order valence-corrected chi connectivity index (χ2v) is 7.54. The molecule has 0 saturated heterocycles. The molecule has 130 valence electrons. The van der Waals surface area contributed by atoms with Gasteiger partial charge in [0.25, 0.3) is 0 Å². The maximum atomic E-state index is 12.2. The standard InChI is InChI=1S/C16H32N2O4/c1-15(2,3)22-14(20)18(9-10-21-6)8-7-17-12-11-13(19)16(12,4)5/h12-13,17,19H,7-11H2,1-6H3. The largest absolute Gasteiger partial charge is 0.444 e. The van der Waals surface area contributed by atoms with E-state index in [0.29, 0.717) is 26.2 Å². The van der Waals surface area contributed by atoms with E-state index in [1.165, 1.54) is 0 Å². The van der Waals surface area contributed by atoms with Crippen LogP contribution in [0.1, 0.15) is 41.0 Å². The van der Waals surface area contributed by atoms with Crippen molar-refractivity contribution in [2.75, 3.05) is 33.4 Å². The molecular formula is C16H32N2O4. The van der Waals surface area contributed by atoms with Crippen LogP contribution >= 0.6 is 0 Å². The zero-order valence-corrected chi connectivity index (χ0v) is 14.8. The number of carbonyl (C=O) groups excluding carboxylic acids is 1. The summed E-state index contributed by atoms with van der Waals surface area (Å²) in [5, 5.41) is 13.2. The lowest BCUT2D eigenvalue weighted by Gasteiger charge is -2.49. The van der Waals surface area contributed by atoms with Crippen LogP contribution in [0.5, 0.6) is 0 Å². The molecule has 6 nitrogen and oxygen atoms in total. The SMILES string of the molecule is COCCN(CCNC1CC(O)C1(C)C)C(=O)OC(C)(C)C. The molecule has 1 saturated carbocycles. The molecule has 1 aliphatic carbocycles. The molecule has 2 N–H and O–H groups in total. The molecule has 1 rings (SSSR count). The number of amides is 1. The van der Waals surface area contributed by atoms with Gasteiger partial charge < -0.3 is 24.8 Å². The van der Waals surface area contributed by atoms with Crippen molar-refractivity contribution in [3.8, 4) is 0 Å². The van der Waals surface area contributed by atoms with Crippen molar-refractivity contribution in [1.29, 1.82) is 0 Å². The molecule has 2 atom stereocenters. The summed E-state index contributed by atoms with van der Waals surface area (Å²) < 4.78 is 10.5. The zero-order valence-electron chi connectivity index (χ0n) is 14.8. The van der Waals surface area contributed by atoms with Crippen LogP contribution in [0.2, 0.25) is 0 Å². The molecule has 6 heteroatoms. The number of carbonyl (C=O) groups is 1. The van der Waals surface area contributed by atoms with Crippen LogP contribution in [0.15, 0.2) is 0 Å². The van der Waals surface area contributed by atoms with Crippen LogP contribution in [0, 0.1) is 5.41 Å². The second kappa shape index (κ2) is 7.62. The maximum Gasteiger partial charge on any atom is 0.410 e. The van der Waals surface area contributed by atoms with E-state index in [-0.39, 0.29) is 23.7 Å². The van der Waals surface area contributed by atoms with Gasteiger partial charge in [-0.25, -0.2) is 4.79 Å². The molecule has 0 spiro atoms. The minimum absolute atomic E-state index is 0.108. The van der Waals surface area contributed by atoms with Gasteiger partial charge in [-0.3, -0.25) is 0 Å². The Balaban J connectivity index is 2.43. The minimum atomic E-state index is -0.504. The molecule has 0 aliphatic heterocycles. The molecule has 0 heterocycles. The number of aliphatic hydroxyl groups is 1. The molecule has 1 fully saturated rings. The summed E-state index contributed by atoms with van der Waals surface area (Å²) in [5.41, 5.74) is -0.612. The van der Waals surface area contributed by atoms with E-state index >= 15 is 0 Å². The summed E-state index contributed by atoms with van der Waals surface area (Å²) in [5.74, 6) is 0. The molecule has 0 aromatic heterocycles. The monoisotopic (exact) mass is 316 g/mol. The van der Waals surface area contributed by atoms with Gasteiger partial charge in [-0.05, 0) is 27.2 Å². The highest BCUT2D eigenvalue weighted by Gasteiger charge is 2.46. The fourth-order valence-corrected chi connectivity index (χ4v) is 2.44. The highest BCUT2D eigenvalue weighted by atomic mass is 16.6. The van der Waals surface area contributed by atoms with Gasteiger partial charge in [0, 0.05) is 38.2 Å². The third kappa shape index (κ3) is 5.41. The van der Waals surface area contributed by atoms with Crippen molar-refractivity contribution in [2.24, 2.45) is 5.41 Å². The van der Waals surface area contributed by atoms with Gasteiger partial charge in [0.2, 0.25) is 0 Å². The van der Waals surface area contributed by atoms with E-state index < -0.39 is 5.60 Å². The second-order valence-electron chi connectivity index (χ2n) is 7.54. The molecule has 1 aliphatic rings. The normalized spacial score (nSPS) is 23.8. The molecule has 2 unspecified atom stereocenters. The third-order valence-electron chi connectivity index (χ3n) is 4.21. The smallest absolute Gasteiger partial charge is 0.410 e. The first-order valence-electron chi connectivity index (χ1n) is 7.96. The Kier molecular flexibility index (Phi) is 6.65. The first-order chi connectivity index (χ1) is 10.1. The highest BCUT2D eigenvalue weighted by molar-refractivity contribution is 5.68. The topological polar surface area (TPSA) is 71.0 Å². The van der Waals surface area contributed by atoms with Gasteiger partial charge in [-0.2, -0.15) is 0 Å². The van der Waals surface area contributed by atoms with Crippen molar-refractivity contribution in [3.63, 3.8) is 0 Å². The summed E-state index contributed by atoms with van der Waals surface area (Å²) in [7, 11) is 1.61. The van der Waals surface area contributed by atoms with Gasteiger partial charge in [0.15, 0.2) is 0 Å². The quantitative estimate of drug-likeness (QED) is 0.747. The third-order valence-corrected chi connectivity index (χ3v) is 4.21. The summed E-state index contributed by atoms with van der Waals surface area (Å²) in [6.45, 7) is 11.9. The number of hydrogen-bond acceptors (Lipinski definition) is 5. The predicted molar refractivity (Wildman–Crippen MR) is 85.9 cm³/mol. The van der Waals surface area contributed by atoms with Crippen molar-refractivity contribution < 1.29 is 19.4 Å². The van der Waals surface area contributed by atoms with E-state index in [0.717, 1.165) is 6.42 Å². The first kappa shape index (κ1) is 19.2. The molecule has 0 bridgehead atoms. The summed E-state index contributed by atoms with van der Waals surface area (Å²) in [4.78, 5) is 13.8. The number of hydrogen-bond donors (Lipinski definition) is 2. The zero-order chi connectivity index (χ0) is 17.0. The van der Waals surface area contributed by atoms with Gasteiger partial charge in [0.05, 0.1) is 12.7 Å². The van der Waals surface area contributed by atoms with Crippen LogP contribution in [0.4, 0.5) is 4.79 Å². The Morgan fingerprint density at radius 3 is 2.45 bits per heavy atom. The Hall–Kier alpha value is -0.850. The van der Waals surface area contributed by atoms with E-state index in [9.17, 15) is 9.90 Å². The Labute approximate surface area is 134 Å². The van der Waals surface area contributed by atoms with Crippen LogP contribution in [-0.2, 0) is 9.47 Å². The molecule has 0 aromatic rings. The number of nitrogens with one attached hydrogen (secondary N) is 1. The van der Waals surface area contributed by atoms with Crippen molar-refractivity contribution in [3.05, 3.63) is 0 Å². The van der Waals surface area contributed by atoms with Crippen LogP contribution in [0.3, 0.4) is 0 Å². The fourth-order valence-electron chi connectivity index (χ4n) is 2.44. The molecule has 0 aromatic carbocycles. The Bertz CT molecular complexity index is 366. The summed E-state index contributed by atoms with van der Waals surface area (Å²) in [6, 6.07) is 0.283. The Morgan fingerprint density at radius 2 is 2.00 bits per heavy atom.